The van der Waals surface area contributed by atoms with Gasteiger partial charge in [-0.05, 0) is 53.2 Å². The van der Waals surface area contributed by atoms with E-state index in [4.69, 9.17) is 9.47 Å². The van der Waals surface area contributed by atoms with Crippen LogP contribution in [0.5, 0.6) is 5.75 Å². The van der Waals surface area contributed by atoms with Gasteiger partial charge in [0.2, 0.25) is 5.91 Å². The zero-order chi connectivity index (χ0) is 18.5. The molecule has 136 valence electrons. The minimum absolute atomic E-state index is 0.0746. The second-order valence-corrected chi connectivity index (χ2v) is 6.71. The lowest BCUT2D eigenvalue weighted by molar-refractivity contribution is -0.116. The highest BCUT2D eigenvalue weighted by atomic mass is 79.9. The largest absolute Gasteiger partial charge is 0.491 e. The third-order valence-corrected chi connectivity index (χ3v) is 5.15. The van der Waals surface area contributed by atoms with Gasteiger partial charge in [0.1, 0.15) is 18.9 Å². The van der Waals surface area contributed by atoms with E-state index >= 15 is 0 Å². The van der Waals surface area contributed by atoms with Crippen molar-refractivity contribution in [3.63, 3.8) is 0 Å². The van der Waals surface area contributed by atoms with E-state index in [0.717, 1.165) is 32.5 Å². The van der Waals surface area contributed by atoms with Crippen molar-refractivity contribution in [3.8, 4) is 5.75 Å². The minimum Gasteiger partial charge on any atom is -0.491 e. The van der Waals surface area contributed by atoms with Crippen molar-refractivity contribution in [2.45, 2.75) is 13.5 Å². The lowest BCUT2D eigenvalue weighted by atomic mass is 10.2. The Labute approximate surface area is 161 Å². The third kappa shape index (κ3) is 4.08. The van der Waals surface area contributed by atoms with Gasteiger partial charge < -0.3 is 19.4 Å². The maximum atomic E-state index is 12.5. The van der Waals surface area contributed by atoms with Crippen LogP contribution in [0.2, 0.25) is 0 Å². The first-order valence-electron chi connectivity index (χ1n) is 8.35. The summed E-state index contributed by atoms with van der Waals surface area (Å²) >= 11 is 3.62. The molecular formula is C20H21BrN2O3. The number of carbonyl (C=O) groups excluding carboxylic acids is 1. The van der Waals surface area contributed by atoms with Crippen LogP contribution in [-0.2, 0) is 16.1 Å². The van der Waals surface area contributed by atoms with Gasteiger partial charge >= 0.3 is 0 Å². The number of rotatable bonds is 7. The summed E-state index contributed by atoms with van der Waals surface area (Å²) in [6, 6.07) is 15.4. The Bertz CT molecular complexity index is 903. The predicted molar refractivity (Wildman–Crippen MR) is 107 cm³/mol. The first-order chi connectivity index (χ1) is 12.6. The Kier molecular flexibility index (Phi) is 5.96. The summed E-state index contributed by atoms with van der Waals surface area (Å²) in [5.41, 5.74) is 2.81. The van der Waals surface area contributed by atoms with E-state index in [1.165, 1.54) is 0 Å². The molecule has 0 bridgehead atoms. The van der Waals surface area contributed by atoms with Crippen LogP contribution < -0.4 is 10.1 Å². The topological polar surface area (TPSA) is 52.5 Å². The Morgan fingerprint density at radius 1 is 1.12 bits per heavy atom. The molecule has 0 fully saturated rings. The first kappa shape index (κ1) is 18.5. The molecule has 0 atom stereocenters. The number of fused-ring (bicyclic) bond motifs is 1. The van der Waals surface area contributed by atoms with Crippen molar-refractivity contribution in [1.82, 2.24) is 4.57 Å². The van der Waals surface area contributed by atoms with Gasteiger partial charge in [0, 0.05) is 33.9 Å². The fourth-order valence-corrected chi connectivity index (χ4v) is 3.36. The molecule has 0 unspecified atom stereocenters. The smallest absolute Gasteiger partial charge is 0.244 e. The van der Waals surface area contributed by atoms with Gasteiger partial charge in [0.05, 0.1) is 6.61 Å². The van der Waals surface area contributed by atoms with Crippen molar-refractivity contribution >= 4 is 38.4 Å². The number of ether oxygens (including phenoxy) is 2. The molecule has 5 nitrogen and oxygen atoms in total. The van der Waals surface area contributed by atoms with Crippen LogP contribution in [0, 0.1) is 6.92 Å². The lowest BCUT2D eigenvalue weighted by Gasteiger charge is -2.10. The van der Waals surface area contributed by atoms with E-state index in [9.17, 15) is 4.79 Å². The number of para-hydroxylation sites is 1. The summed E-state index contributed by atoms with van der Waals surface area (Å²) in [6.45, 7) is 3.29. The number of carbonyl (C=O) groups is 1. The monoisotopic (exact) mass is 416 g/mol. The molecule has 1 amide bonds. The molecule has 1 aromatic heterocycles. The molecule has 0 aliphatic rings. The Morgan fingerprint density at radius 2 is 1.85 bits per heavy atom. The predicted octanol–water partition coefficient (Wildman–Crippen LogP) is 4.38. The average molecular weight is 417 g/mol. The Morgan fingerprint density at radius 3 is 2.58 bits per heavy atom. The molecule has 0 aliphatic heterocycles. The van der Waals surface area contributed by atoms with E-state index in [1.807, 2.05) is 60.0 Å². The van der Waals surface area contributed by atoms with E-state index in [0.29, 0.717) is 13.2 Å². The second kappa shape index (κ2) is 8.38. The minimum atomic E-state index is -0.0746. The quantitative estimate of drug-likeness (QED) is 0.581. The maximum Gasteiger partial charge on any atom is 0.244 e. The summed E-state index contributed by atoms with van der Waals surface area (Å²) in [4.78, 5) is 12.5. The molecule has 0 radical (unpaired) electrons. The Balaban J connectivity index is 1.67. The number of methoxy groups -OCH3 is 1. The molecule has 3 aromatic rings. The molecule has 0 spiro atoms. The fraction of sp³-hybridized carbons (Fsp3) is 0.250. The molecule has 0 saturated carbocycles. The molecule has 0 aliphatic carbocycles. The average Bonchev–Trinajstić information content (AvgIpc) is 2.89. The number of hydrogen-bond acceptors (Lipinski definition) is 3. The van der Waals surface area contributed by atoms with Gasteiger partial charge in [-0.25, -0.2) is 0 Å². The molecule has 2 aromatic carbocycles. The number of amides is 1. The highest BCUT2D eigenvalue weighted by molar-refractivity contribution is 9.10. The van der Waals surface area contributed by atoms with Crippen molar-refractivity contribution in [2.75, 3.05) is 25.6 Å². The van der Waals surface area contributed by atoms with Gasteiger partial charge in [-0.3, -0.25) is 4.79 Å². The number of hydrogen-bond donors (Lipinski definition) is 1. The third-order valence-electron chi connectivity index (χ3n) is 4.15. The highest BCUT2D eigenvalue weighted by Gasteiger charge is 2.14. The van der Waals surface area contributed by atoms with E-state index in [2.05, 4.69) is 21.2 Å². The molecule has 6 heteroatoms. The van der Waals surface area contributed by atoms with Gasteiger partial charge in [-0.2, -0.15) is 0 Å². The van der Waals surface area contributed by atoms with Crippen LogP contribution in [0.15, 0.2) is 53.0 Å². The lowest BCUT2D eigenvalue weighted by Crippen LogP contribution is -2.19. The fourth-order valence-electron chi connectivity index (χ4n) is 2.81. The SMILES string of the molecule is COCCOc1ccc(NC(=O)Cn2c(C)c(Br)c3ccccc32)cc1. The summed E-state index contributed by atoms with van der Waals surface area (Å²) in [6.07, 6.45) is 0. The normalized spacial score (nSPS) is 10.9. The van der Waals surface area contributed by atoms with Crippen molar-refractivity contribution in [1.29, 1.82) is 0 Å². The van der Waals surface area contributed by atoms with E-state index in [1.54, 1.807) is 7.11 Å². The van der Waals surface area contributed by atoms with Gasteiger partial charge in [0.15, 0.2) is 0 Å². The molecule has 26 heavy (non-hydrogen) atoms. The first-order valence-corrected chi connectivity index (χ1v) is 9.14. The van der Waals surface area contributed by atoms with Crippen LogP contribution in [0.25, 0.3) is 10.9 Å². The number of aromatic nitrogens is 1. The zero-order valence-corrected chi connectivity index (χ0v) is 16.4. The van der Waals surface area contributed by atoms with Crippen molar-refractivity contribution < 1.29 is 14.3 Å². The summed E-state index contributed by atoms with van der Waals surface area (Å²) in [5, 5.41) is 4.04. The van der Waals surface area contributed by atoms with Crippen molar-refractivity contribution in [2.24, 2.45) is 0 Å². The van der Waals surface area contributed by atoms with Crippen LogP contribution >= 0.6 is 15.9 Å². The van der Waals surface area contributed by atoms with Crippen LogP contribution in [0.1, 0.15) is 5.69 Å². The second-order valence-electron chi connectivity index (χ2n) is 5.92. The zero-order valence-electron chi connectivity index (χ0n) is 14.8. The summed E-state index contributed by atoms with van der Waals surface area (Å²) in [7, 11) is 1.64. The van der Waals surface area contributed by atoms with Gasteiger partial charge in [0.25, 0.3) is 0 Å². The number of anilines is 1. The van der Waals surface area contributed by atoms with Gasteiger partial charge in [-0.15, -0.1) is 0 Å². The van der Waals surface area contributed by atoms with Crippen LogP contribution in [0.4, 0.5) is 5.69 Å². The van der Waals surface area contributed by atoms with Crippen molar-refractivity contribution in [3.05, 3.63) is 58.7 Å². The Hall–Kier alpha value is -2.31. The van der Waals surface area contributed by atoms with Gasteiger partial charge in [-0.1, -0.05) is 18.2 Å². The summed E-state index contributed by atoms with van der Waals surface area (Å²) < 4.78 is 13.5. The number of halogens is 1. The van der Waals surface area contributed by atoms with E-state index in [-0.39, 0.29) is 12.5 Å². The number of nitrogens with zero attached hydrogens (tertiary/aromatic N) is 1. The number of benzene rings is 2. The molecular weight excluding hydrogens is 396 g/mol. The molecule has 3 rings (SSSR count). The van der Waals surface area contributed by atoms with Crippen LogP contribution in [-0.4, -0.2) is 30.8 Å². The summed E-state index contributed by atoms with van der Waals surface area (Å²) in [5.74, 6) is 0.672. The van der Waals surface area contributed by atoms with E-state index < -0.39 is 0 Å². The molecule has 0 saturated heterocycles. The molecule has 1 N–H and O–H groups in total. The standard InChI is InChI=1S/C20H21BrN2O3/c1-14-20(21)17-5-3-4-6-18(17)23(14)13-19(24)22-15-7-9-16(10-8-15)26-12-11-25-2/h3-10H,11-13H2,1-2H3,(H,22,24). The maximum absolute atomic E-state index is 12.5. The number of nitrogens with one attached hydrogen (secondary N) is 1. The molecule has 1 heterocycles. The van der Waals surface area contributed by atoms with Crippen LogP contribution in [0.3, 0.4) is 0 Å². The highest BCUT2D eigenvalue weighted by Crippen LogP contribution is 2.30.